The Labute approximate surface area is 125 Å². The van der Waals surface area contributed by atoms with Crippen molar-refractivity contribution in [2.45, 2.75) is 24.9 Å². The molecule has 2 aliphatic rings. The molecule has 0 radical (unpaired) electrons. The van der Waals surface area contributed by atoms with Crippen molar-refractivity contribution < 1.29 is 18.0 Å². The maximum atomic E-state index is 12.5. The summed E-state index contributed by atoms with van der Waals surface area (Å²) in [6.07, 6.45) is -1.90. The lowest BCUT2D eigenvalue weighted by Crippen LogP contribution is -2.50. The van der Waals surface area contributed by atoms with Crippen molar-refractivity contribution in [3.05, 3.63) is 21.9 Å². The maximum absolute atomic E-state index is 12.5. The summed E-state index contributed by atoms with van der Waals surface area (Å²) in [6, 6.07) is 2.01. The second-order valence-electron chi connectivity index (χ2n) is 5.66. The highest BCUT2D eigenvalue weighted by Gasteiger charge is 2.34. The SMILES string of the molecule is O=C(c1sccc1C1CC1)N1CCN(CC(F)(F)F)CC1. The quantitative estimate of drug-likeness (QED) is 0.855. The number of carbonyl (C=O) groups excluding carboxylic acids is 1. The van der Waals surface area contributed by atoms with Gasteiger partial charge in [-0.25, -0.2) is 0 Å². The van der Waals surface area contributed by atoms with E-state index in [0.29, 0.717) is 19.0 Å². The molecule has 0 N–H and O–H groups in total. The first kappa shape index (κ1) is 14.8. The molecule has 1 aromatic heterocycles. The van der Waals surface area contributed by atoms with Crippen molar-refractivity contribution >= 4 is 17.2 Å². The third-order valence-electron chi connectivity index (χ3n) is 3.97. The Bertz CT molecular complexity index is 517. The molecule has 0 spiro atoms. The molecule has 3 rings (SSSR count). The van der Waals surface area contributed by atoms with Crippen LogP contribution in [0.2, 0.25) is 0 Å². The van der Waals surface area contributed by atoms with Crippen molar-refractivity contribution in [1.82, 2.24) is 9.80 Å². The van der Waals surface area contributed by atoms with E-state index in [0.717, 1.165) is 23.3 Å². The number of thiophene rings is 1. The van der Waals surface area contributed by atoms with Crippen LogP contribution in [-0.2, 0) is 0 Å². The average molecular weight is 318 g/mol. The molecule has 2 heterocycles. The Balaban J connectivity index is 1.59. The molecule has 7 heteroatoms. The van der Waals surface area contributed by atoms with Crippen LogP contribution in [0.25, 0.3) is 0 Å². The van der Waals surface area contributed by atoms with E-state index in [1.54, 1.807) is 4.90 Å². The molecule has 116 valence electrons. The van der Waals surface area contributed by atoms with Gasteiger partial charge in [0.25, 0.3) is 5.91 Å². The zero-order valence-corrected chi connectivity index (χ0v) is 12.3. The van der Waals surface area contributed by atoms with E-state index in [9.17, 15) is 18.0 Å². The topological polar surface area (TPSA) is 23.6 Å². The fourth-order valence-corrected chi connectivity index (χ4v) is 3.67. The molecule has 1 saturated carbocycles. The van der Waals surface area contributed by atoms with E-state index in [1.165, 1.54) is 16.2 Å². The molecule has 3 nitrogen and oxygen atoms in total. The number of carbonyl (C=O) groups is 1. The van der Waals surface area contributed by atoms with Crippen molar-refractivity contribution in [1.29, 1.82) is 0 Å². The van der Waals surface area contributed by atoms with Crippen LogP contribution in [-0.4, -0.2) is 54.6 Å². The molecule has 2 fully saturated rings. The third-order valence-corrected chi connectivity index (χ3v) is 4.89. The van der Waals surface area contributed by atoms with E-state index in [1.807, 2.05) is 11.4 Å². The van der Waals surface area contributed by atoms with Crippen molar-refractivity contribution in [2.24, 2.45) is 0 Å². The second kappa shape index (κ2) is 5.61. The van der Waals surface area contributed by atoms with E-state index in [4.69, 9.17) is 0 Å². The number of rotatable bonds is 3. The Hall–Kier alpha value is -1.08. The van der Waals surface area contributed by atoms with E-state index in [-0.39, 0.29) is 19.0 Å². The Kier molecular flexibility index (Phi) is 3.96. The number of nitrogens with zero attached hydrogens (tertiary/aromatic N) is 2. The zero-order chi connectivity index (χ0) is 15.0. The molecular weight excluding hydrogens is 301 g/mol. The van der Waals surface area contributed by atoms with Crippen LogP contribution in [0.3, 0.4) is 0 Å². The lowest BCUT2D eigenvalue weighted by Gasteiger charge is -2.35. The van der Waals surface area contributed by atoms with Crippen LogP contribution >= 0.6 is 11.3 Å². The van der Waals surface area contributed by atoms with Crippen molar-refractivity contribution in [3.8, 4) is 0 Å². The zero-order valence-electron chi connectivity index (χ0n) is 11.5. The highest BCUT2D eigenvalue weighted by Crippen LogP contribution is 2.43. The summed E-state index contributed by atoms with van der Waals surface area (Å²) in [5.74, 6) is 0.500. The largest absolute Gasteiger partial charge is 0.401 e. The Morgan fingerprint density at radius 3 is 2.48 bits per heavy atom. The van der Waals surface area contributed by atoms with Gasteiger partial charge in [-0.1, -0.05) is 0 Å². The van der Waals surface area contributed by atoms with Gasteiger partial charge in [-0.05, 0) is 35.8 Å². The number of alkyl halides is 3. The molecule has 0 bridgehead atoms. The third kappa shape index (κ3) is 3.58. The summed E-state index contributed by atoms with van der Waals surface area (Å²) >= 11 is 1.45. The van der Waals surface area contributed by atoms with Crippen LogP contribution in [0.5, 0.6) is 0 Å². The van der Waals surface area contributed by atoms with E-state index < -0.39 is 12.7 Å². The predicted molar refractivity (Wildman–Crippen MR) is 74.7 cm³/mol. The second-order valence-corrected chi connectivity index (χ2v) is 6.58. The molecule has 1 aliphatic carbocycles. The number of halogens is 3. The predicted octanol–water partition coefficient (Wildman–Crippen LogP) is 2.95. The lowest BCUT2D eigenvalue weighted by molar-refractivity contribution is -0.148. The summed E-state index contributed by atoms with van der Waals surface area (Å²) in [4.78, 5) is 16.3. The smallest absolute Gasteiger partial charge is 0.335 e. The van der Waals surface area contributed by atoms with Gasteiger partial charge in [-0.15, -0.1) is 11.3 Å². The fraction of sp³-hybridized carbons (Fsp3) is 0.643. The standard InChI is InChI=1S/C14H17F3N2OS/c15-14(16,17)9-18-4-6-19(7-5-18)13(20)12-11(3-8-21-12)10-1-2-10/h3,8,10H,1-2,4-7,9H2. The number of amides is 1. The molecule has 21 heavy (non-hydrogen) atoms. The van der Waals surface area contributed by atoms with Gasteiger partial charge in [-0.3, -0.25) is 9.69 Å². The molecule has 1 aromatic rings. The minimum Gasteiger partial charge on any atom is -0.335 e. The van der Waals surface area contributed by atoms with Crippen LogP contribution in [0.4, 0.5) is 13.2 Å². The Morgan fingerprint density at radius 2 is 1.90 bits per heavy atom. The van der Waals surface area contributed by atoms with E-state index in [2.05, 4.69) is 0 Å². The summed E-state index contributed by atoms with van der Waals surface area (Å²) < 4.78 is 37.0. The van der Waals surface area contributed by atoms with Crippen LogP contribution in [0, 0.1) is 0 Å². The van der Waals surface area contributed by atoms with Crippen LogP contribution in [0.1, 0.15) is 34.0 Å². The first-order valence-corrected chi connectivity index (χ1v) is 7.98. The average Bonchev–Trinajstić information content (AvgIpc) is 3.14. The minimum atomic E-state index is -4.17. The summed E-state index contributed by atoms with van der Waals surface area (Å²) in [5.41, 5.74) is 1.13. The van der Waals surface area contributed by atoms with Crippen LogP contribution in [0.15, 0.2) is 11.4 Å². The Morgan fingerprint density at radius 1 is 1.24 bits per heavy atom. The van der Waals surface area contributed by atoms with Gasteiger partial charge in [0, 0.05) is 26.2 Å². The molecular formula is C14H17F3N2OS. The monoisotopic (exact) mass is 318 g/mol. The van der Waals surface area contributed by atoms with Crippen molar-refractivity contribution in [3.63, 3.8) is 0 Å². The molecule has 0 atom stereocenters. The molecule has 0 unspecified atom stereocenters. The first-order valence-electron chi connectivity index (χ1n) is 7.10. The summed E-state index contributed by atoms with van der Waals surface area (Å²) in [6.45, 7) is 0.431. The molecule has 1 saturated heterocycles. The van der Waals surface area contributed by atoms with Gasteiger partial charge in [0.05, 0.1) is 11.4 Å². The first-order chi connectivity index (χ1) is 9.94. The lowest BCUT2D eigenvalue weighted by atomic mass is 10.1. The number of piperazine rings is 1. The summed E-state index contributed by atoms with van der Waals surface area (Å²) in [5, 5.41) is 1.93. The highest BCUT2D eigenvalue weighted by atomic mass is 32.1. The number of hydrogen-bond donors (Lipinski definition) is 0. The number of hydrogen-bond acceptors (Lipinski definition) is 3. The highest BCUT2D eigenvalue weighted by molar-refractivity contribution is 7.12. The normalized spacial score (nSPS) is 20.8. The molecule has 0 aromatic carbocycles. The van der Waals surface area contributed by atoms with Gasteiger partial charge >= 0.3 is 6.18 Å². The van der Waals surface area contributed by atoms with Gasteiger partial charge < -0.3 is 4.90 Å². The fourth-order valence-electron chi connectivity index (χ4n) is 2.72. The van der Waals surface area contributed by atoms with Gasteiger partial charge in [0.2, 0.25) is 0 Å². The van der Waals surface area contributed by atoms with Gasteiger partial charge in [0.1, 0.15) is 0 Å². The van der Waals surface area contributed by atoms with E-state index >= 15 is 0 Å². The van der Waals surface area contributed by atoms with Gasteiger partial charge in [-0.2, -0.15) is 13.2 Å². The van der Waals surface area contributed by atoms with Gasteiger partial charge in [0.15, 0.2) is 0 Å². The minimum absolute atomic E-state index is 0.0152. The molecule has 1 aliphatic heterocycles. The summed E-state index contributed by atoms with van der Waals surface area (Å²) in [7, 11) is 0. The molecule has 1 amide bonds. The van der Waals surface area contributed by atoms with Crippen LogP contribution < -0.4 is 0 Å². The van der Waals surface area contributed by atoms with Crippen molar-refractivity contribution in [2.75, 3.05) is 32.7 Å². The maximum Gasteiger partial charge on any atom is 0.401 e.